The molecule has 0 atom stereocenters. The highest BCUT2D eigenvalue weighted by Gasteiger charge is 2.12. The van der Waals surface area contributed by atoms with Gasteiger partial charge >= 0.3 is 0 Å². The molecule has 7 nitrogen and oxygen atoms in total. The Balaban J connectivity index is 1.38. The number of terminal acetylenes is 1. The van der Waals surface area contributed by atoms with Crippen LogP contribution in [0.15, 0.2) is 71.1 Å². The van der Waals surface area contributed by atoms with Crippen LogP contribution in [-0.2, 0) is 0 Å². The second kappa shape index (κ2) is 13.0. The van der Waals surface area contributed by atoms with Crippen LogP contribution in [0.1, 0.15) is 22.8 Å². The molecule has 1 aromatic heterocycles. The van der Waals surface area contributed by atoms with E-state index in [2.05, 4.69) is 26.7 Å². The summed E-state index contributed by atoms with van der Waals surface area (Å²) in [4.78, 5) is 17.2. The van der Waals surface area contributed by atoms with Crippen molar-refractivity contribution in [2.24, 2.45) is 5.10 Å². The highest BCUT2D eigenvalue weighted by Crippen LogP contribution is 2.36. The van der Waals surface area contributed by atoms with Gasteiger partial charge in [-0.25, -0.2) is 10.4 Å². The average molecular weight is 565 g/mol. The number of carbonyl (C=O) groups is 1. The number of ether oxygens (including phenoxy) is 2. The first-order valence-corrected chi connectivity index (χ1v) is 13.0. The van der Waals surface area contributed by atoms with Gasteiger partial charge < -0.3 is 14.8 Å². The fourth-order valence-electron chi connectivity index (χ4n) is 3.32. The van der Waals surface area contributed by atoms with E-state index in [1.165, 1.54) is 17.6 Å². The summed E-state index contributed by atoms with van der Waals surface area (Å²) in [6.07, 6.45) is 6.73. The molecule has 0 aliphatic carbocycles. The third-order valence-electron chi connectivity index (χ3n) is 5.05. The molecule has 0 aliphatic rings. The van der Waals surface area contributed by atoms with Gasteiger partial charge in [-0.2, -0.15) is 5.10 Å². The fourth-order valence-corrected chi connectivity index (χ4v) is 4.46. The summed E-state index contributed by atoms with van der Waals surface area (Å²) in [5.41, 5.74) is 6.17. The molecule has 38 heavy (non-hydrogen) atoms. The summed E-state index contributed by atoms with van der Waals surface area (Å²) < 4.78 is 11.1. The minimum atomic E-state index is -0.360. The molecule has 0 fully saturated rings. The molecular weight excluding hydrogens is 543 g/mol. The van der Waals surface area contributed by atoms with Crippen LogP contribution in [0.3, 0.4) is 0 Å². The van der Waals surface area contributed by atoms with E-state index in [1.54, 1.807) is 24.3 Å². The molecule has 0 saturated carbocycles. The SMILES string of the molecule is C#CCOc1c(Cl)cc(/C=N\NC(=O)c2ccc(-c3csc(Nc4ccc(Cl)cc4)n3)cc2)cc1OCC. The summed E-state index contributed by atoms with van der Waals surface area (Å²) in [5, 5.41) is 11.0. The van der Waals surface area contributed by atoms with Gasteiger partial charge in [0.05, 0.1) is 23.5 Å². The second-order valence-electron chi connectivity index (χ2n) is 7.70. The Morgan fingerprint density at radius 3 is 2.61 bits per heavy atom. The van der Waals surface area contributed by atoms with Crippen molar-refractivity contribution < 1.29 is 14.3 Å². The van der Waals surface area contributed by atoms with E-state index in [0.717, 1.165) is 22.1 Å². The maximum atomic E-state index is 12.6. The summed E-state index contributed by atoms with van der Waals surface area (Å²) >= 11 is 13.7. The van der Waals surface area contributed by atoms with Crippen molar-refractivity contribution in [2.75, 3.05) is 18.5 Å². The van der Waals surface area contributed by atoms with Gasteiger partial charge in [-0.05, 0) is 61.0 Å². The number of halogens is 2. The zero-order chi connectivity index (χ0) is 26.9. The Morgan fingerprint density at radius 1 is 1.13 bits per heavy atom. The summed E-state index contributed by atoms with van der Waals surface area (Å²) in [5.74, 6) is 2.83. The number of amides is 1. The van der Waals surface area contributed by atoms with E-state index in [9.17, 15) is 4.79 Å². The lowest BCUT2D eigenvalue weighted by Gasteiger charge is -2.12. The molecule has 2 N–H and O–H groups in total. The molecule has 1 amide bonds. The first-order chi connectivity index (χ1) is 18.5. The van der Waals surface area contributed by atoms with Crippen LogP contribution >= 0.6 is 34.5 Å². The van der Waals surface area contributed by atoms with Crippen LogP contribution in [0.25, 0.3) is 11.3 Å². The third-order valence-corrected chi connectivity index (χ3v) is 6.34. The molecule has 1 heterocycles. The van der Waals surface area contributed by atoms with Crippen molar-refractivity contribution in [3.63, 3.8) is 0 Å². The lowest BCUT2D eigenvalue weighted by atomic mass is 10.1. The van der Waals surface area contributed by atoms with Crippen molar-refractivity contribution in [1.29, 1.82) is 0 Å². The Kier molecular flexibility index (Phi) is 9.22. The van der Waals surface area contributed by atoms with E-state index in [-0.39, 0.29) is 12.5 Å². The average Bonchev–Trinajstić information content (AvgIpc) is 3.38. The Labute approximate surface area is 234 Å². The smallest absolute Gasteiger partial charge is 0.271 e. The van der Waals surface area contributed by atoms with Gasteiger partial charge in [-0.3, -0.25) is 4.79 Å². The summed E-state index contributed by atoms with van der Waals surface area (Å²) in [6, 6.07) is 17.8. The molecule has 0 unspecified atom stereocenters. The predicted octanol–water partition coefficient (Wildman–Crippen LogP) is 7.04. The van der Waals surface area contributed by atoms with E-state index in [1.807, 2.05) is 48.7 Å². The van der Waals surface area contributed by atoms with Gasteiger partial charge in [0.1, 0.15) is 6.61 Å². The maximum absolute atomic E-state index is 12.6. The molecule has 0 radical (unpaired) electrons. The van der Waals surface area contributed by atoms with Crippen LogP contribution in [0.2, 0.25) is 10.0 Å². The number of hydrazone groups is 1. The van der Waals surface area contributed by atoms with Crippen LogP contribution in [-0.4, -0.2) is 30.3 Å². The number of nitrogens with one attached hydrogen (secondary N) is 2. The molecule has 0 spiro atoms. The normalized spacial score (nSPS) is 10.7. The Morgan fingerprint density at radius 2 is 1.89 bits per heavy atom. The van der Waals surface area contributed by atoms with Gasteiger partial charge in [-0.15, -0.1) is 17.8 Å². The number of hydrogen-bond donors (Lipinski definition) is 2. The van der Waals surface area contributed by atoms with E-state index < -0.39 is 0 Å². The molecule has 3 aromatic carbocycles. The molecular formula is C28H22Cl2N4O3S. The molecule has 10 heteroatoms. The summed E-state index contributed by atoms with van der Waals surface area (Å²) in [6.45, 7) is 2.32. The molecule has 0 bridgehead atoms. The van der Waals surface area contributed by atoms with Crippen molar-refractivity contribution in [3.05, 3.63) is 87.2 Å². The number of thiazole rings is 1. The lowest BCUT2D eigenvalue weighted by molar-refractivity contribution is 0.0955. The van der Waals surface area contributed by atoms with Crippen molar-refractivity contribution in [3.8, 4) is 35.1 Å². The Hall–Kier alpha value is -4.03. The Bertz CT molecular complexity index is 1480. The number of rotatable bonds is 10. The van der Waals surface area contributed by atoms with Gasteiger partial charge in [0.2, 0.25) is 0 Å². The highest BCUT2D eigenvalue weighted by atomic mass is 35.5. The zero-order valence-corrected chi connectivity index (χ0v) is 22.5. The second-order valence-corrected chi connectivity index (χ2v) is 9.40. The number of benzene rings is 3. The standard InChI is InChI=1S/C28H22Cl2N4O3S/c1-3-13-37-26-23(30)14-18(15-25(26)36-4-2)16-31-34-27(35)20-7-5-19(6-8-20)24-17-38-28(33-24)32-22-11-9-21(29)10-12-22/h1,5-12,14-17H,4,13H2,2H3,(H,32,33)(H,34,35)/b31-16-. The summed E-state index contributed by atoms with van der Waals surface area (Å²) in [7, 11) is 0. The molecule has 0 aliphatic heterocycles. The molecule has 192 valence electrons. The number of nitrogens with zero attached hydrogens (tertiary/aromatic N) is 2. The van der Waals surface area contributed by atoms with Crippen LogP contribution in [0.4, 0.5) is 10.8 Å². The quantitative estimate of drug-likeness (QED) is 0.123. The molecule has 4 aromatic rings. The number of carbonyl (C=O) groups excluding carboxylic acids is 1. The van der Waals surface area contributed by atoms with Crippen molar-refractivity contribution in [2.45, 2.75) is 6.92 Å². The van der Waals surface area contributed by atoms with E-state index >= 15 is 0 Å². The largest absolute Gasteiger partial charge is 0.490 e. The van der Waals surface area contributed by atoms with Gasteiger partial charge in [0.25, 0.3) is 5.91 Å². The minimum absolute atomic E-state index is 0.0615. The topological polar surface area (TPSA) is 84.8 Å². The van der Waals surface area contributed by atoms with Gasteiger partial charge in [0.15, 0.2) is 16.6 Å². The third kappa shape index (κ3) is 7.05. The molecule has 0 saturated heterocycles. The van der Waals surface area contributed by atoms with Crippen molar-refractivity contribution in [1.82, 2.24) is 10.4 Å². The predicted molar refractivity (Wildman–Crippen MR) is 154 cm³/mol. The minimum Gasteiger partial charge on any atom is -0.490 e. The van der Waals surface area contributed by atoms with Crippen molar-refractivity contribution >= 4 is 57.5 Å². The fraction of sp³-hybridized carbons (Fsp3) is 0.107. The number of anilines is 2. The zero-order valence-electron chi connectivity index (χ0n) is 20.2. The van der Waals surface area contributed by atoms with Crippen LogP contribution < -0.4 is 20.2 Å². The first-order valence-electron chi connectivity index (χ1n) is 11.4. The number of hydrogen-bond acceptors (Lipinski definition) is 7. The first kappa shape index (κ1) is 27.0. The number of aromatic nitrogens is 1. The lowest BCUT2D eigenvalue weighted by Crippen LogP contribution is -2.17. The van der Waals surface area contributed by atoms with Crippen LogP contribution in [0.5, 0.6) is 11.5 Å². The van der Waals surface area contributed by atoms with Gasteiger partial charge in [0, 0.05) is 27.2 Å². The highest BCUT2D eigenvalue weighted by molar-refractivity contribution is 7.14. The van der Waals surface area contributed by atoms with E-state index in [0.29, 0.717) is 39.3 Å². The van der Waals surface area contributed by atoms with Gasteiger partial charge in [-0.1, -0.05) is 41.3 Å². The van der Waals surface area contributed by atoms with Crippen LogP contribution in [0, 0.1) is 12.3 Å². The van der Waals surface area contributed by atoms with E-state index in [4.69, 9.17) is 39.1 Å². The monoisotopic (exact) mass is 564 g/mol. The molecule has 4 rings (SSSR count). The maximum Gasteiger partial charge on any atom is 0.271 e.